The van der Waals surface area contributed by atoms with Crippen LogP contribution >= 0.6 is 0 Å². The van der Waals surface area contributed by atoms with Gasteiger partial charge in [0.25, 0.3) is 0 Å². The monoisotopic (exact) mass is 308 g/mol. The summed E-state index contributed by atoms with van der Waals surface area (Å²) in [5.74, 6) is -0.934. The molecule has 1 N–H and O–H groups in total. The van der Waals surface area contributed by atoms with Gasteiger partial charge >= 0.3 is 0 Å². The molecule has 0 bridgehead atoms. The first-order valence-electron chi connectivity index (χ1n) is 7.91. The smallest absolute Gasteiger partial charge is 0.233 e. The summed E-state index contributed by atoms with van der Waals surface area (Å²) in [5.41, 5.74) is 2.88. The van der Waals surface area contributed by atoms with Gasteiger partial charge in [0.2, 0.25) is 11.6 Å². The number of carbonyl (C=O) groups is 2. The van der Waals surface area contributed by atoms with Gasteiger partial charge in [0.05, 0.1) is 0 Å². The SMILES string of the molecule is CNc1ccc(C(=O)C(=O)c2ccc(N3CCCC3)cc2)cc1. The quantitative estimate of drug-likeness (QED) is 0.679. The van der Waals surface area contributed by atoms with E-state index in [2.05, 4.69) is 10.2 Å². The Hall–Kier alpha value is -2.62. The summed E-state index contributed by atoms with van der Waals surface area (Å²) in [6.07, 6.45) is 2.42. The Morgan fingerprint density at radius 2 is 1.30 bits per heavy atom. The van der Waals surface area contributed by atoms with Crippen LogP contribution in [0.3, 0.4) is 0 Å². The van der Waals surface area contributed by atoms with Crippen LogP contribution in [-0.2, 0) is 0 Å². The zero-order chi connectivity index (χ0) is 16.2. The van der Waals surface area contributed by atoms with Gasteiger partial charge in [-0.1, -0.05) is 0 Å². The third-order valence-corrected chi connectivity index (χ3v) is 4.24. The van der Waals surface area contributed by atoms with Crippen LogP contribution in [0.25, 0.3) is 0 Å². The summed E-state index contributed by atoms with van der Waals surface area (Å²) in [6.45, 7) is 2.12. The van der Waals surface area contributed by atoms with Crippen molar-refractivity contribution in [1.29, 1.82) is 0 Å². The van der Waals surface area contributed by atoms with Gasteiger partial charge in [0.1, 0.15) is 0 Å². The molecule has 1 aliphatic heterocycles. The van der Waals surface area contributed by atoms with Crippen LogP contribution in [-0.4, -0.2) is 31.7 Å². The molecule has 0 amide bonds. The average Bonchev–Trinajstić information content (AvgIpc) is 3.15. The maximum Gasteiger partial charge on any atom is 0.233 e. The minimum atomic E-state index is -0.471. The van der Waals surface area contributed by atoms with Gasteiger partial charge in [-0.15, -0.1) is 0 Å². The lowest BCUT2D eigenvalue weighted by Crippen LogP contribution is -2.18. The van der Waals surface area contributed by atoms with Crippen LogP contribution in [0.4, 0.5) is 11.4 Å². The van der Waals surface area contributed by atoms with E-state index in [1.807, 2.05) is 19.2 Å². The molecule has 0 aliphatic carbocycles. The third-order valence-electron chi connectivity index (χ3n) is 4.24. The van der Waals surface area contributed by atoms with E-state index >= 15 is 0 Å². The number of rotatable bonds is 5. The van der Waals surface area contributed by atoms with Crippen molar-refractivity contribution >= 4 is 22.9 Å². The van der Waals surface area contributed by atoms with Crippen LogP contribution in [0, 0.1) is 0 Å². The van der Waals surface area contributed by atoms with Gasteiger partial charge < -0.3 is 10.2 Å². The maximum absolute atomic E-state index is 12.4. The molecule has 23 heavy (non-hydrogen) atoms. The Balaban J connectivity index is 1.74. The van der Waals surface area contributed by atoms with Crippen LogP contribution in [0.2, 0.25) is 0 Å². The topological polar surface area (TPSA) is 49.4 Å². The molecule has 0 unspecified atom stereocenters. The predicted molar refractivity (Wildman–Crippen MR) is 92.5 cm³/mol. The first kappa shape index (κ1) is 15.3. The molecule has 2 aromatic rings. The van der Waals surface area contributed by atoms with Crippen molar-refractivity contribution in [3.05, 3.63) is 59.7 Å². The van der Waals surface area contributed by atoms with E-state index in [-0.39, 0.29) is 0 Å². The van der Waals surface area contributed by atoms with Gasteiger partial charge in [-0.05, 0) is 61.4 Å². The first-order valence-corrected chi connectivity index (χ1v) is 7.91. The summed E-state index contributed by atoms with van der Waals surface area (Å²) < 4.78 is 0. The highest BCUT2D eigenvalue weighted by atomic mass is 16.2. The minimum Gasteiger partial charge on any atom is -0.388 e. The molecule has 0 spiro atoms. The van der Waals surface area contributed by atoms with Crippen molar-refractivity contribution in [3.8, 4) is 0 Å². The molecule has 1 saturated heterocycles. The van der Waals surface area contributed by atoms with Crippen molar-refractivity contribution in [3.63, 3.8) is 0 Å². The molecule has 4 heteroatoms. The van der Waals surface area contributed by atoms with Gasteiger partial charge in [-0.3, -0.25) is 9.59 Å². The lowest BCUT2D eigenvalue weighted by Gasteiger charge is -2.17. The summed E-state index contributed by atoms with van der Waals surface area (Å²) in [4.78, 5) is 27.0. The molecule has 0 aromatic heterocycles. The predicted octanol–water partition coefficient (Wildman–Crippen LogP) is 3.39. The van der Waals surface area contributed by atoms with Crippen molar-refractivity contribution in [2.75, 3.05) is 30.4 Å². The second-order valence-electron chi connectivity index (χ2n) is 5.73. The Morgan fingerprint density at radius 3 is 1.78 bits per heavy atom. The van der Waals surface area contributed by atoms with Crippen molar-refractivity contribution < 1.29 is 9.59 Å². The summed E-state index contributed by atoms with van der Waals surface area (Å²) in [7, 11) is 1.81. The molecule has 1 fully saturated rings. The van der Waals surface area contributed by atoms with E-state index in [9.17, 15) is 9.59 Å². The number of benzene rings is 2. The highest BCUT2D eigenvalue weighted by molar-refractivity contribution is 6.49. The zero-order valence-electron chi connectivity index (χ0n) is 13.2. The summed E-state index contributed by atoms with van der Waals surface area (Å²) >= 11 is 0. The van der Waals surface area contributed by atoms with Gasteiger partial charge in [0.15, 0.2) is 0 Å². The lowest BCUT2D eigenvalue weighted by atomic mass is 10.0. The highest BCUT2D eigenvalue weighted by Crippen LogP contribution is 2.21. The van der Waals surface area contributed by atoms with Gasteiger partial charge in [-0.2, -0.15) is 0 Å². The second-order valence-corrected chi connectivity index (χ2v) is 5.73. The van der Waals surface area contributed by atoms with Crippen molar-refractivity contribution in [1.82, 2.24) is 0 Å². The van der Waals surface area contributed by atoms with Gasteiger partial charge in [0, 0.05) is 42.6 Å². The number of Topliss-reactive ketones (excluding diaryl/α,β-unsaturated/α-hetero) is 2. The van der Waals surface area contributed by atoms with E-state index in [1.54, 1.807) is 36.4 Å². The van der Waals surface area contributed by atoms with Crippen LogP contribution in [0.5, 0.6) is 0 Å². The fraction of sp³-hybridized carbons (Fsp3) is 0.263. The highest BCUT2D eigenvalue weighted by Gasteiger charge is 2.19. The Bertz CT molecular complexity index is 699. The van der Waals surface area contributed by atoms with Crippen LogP contribution in [0.15, 0.2) is 48.5 Å². The number of hydrogen-bond donors (Lipinski definition) is 1. The van der Waals surface area contributed by atoms with Crippen molar-refractivity contribution in [2.45, 2.75) is 12.8 Å². The Kier molecular flexibility index (Phi) is 4.42. The molecule has 0 atom stereocenters. The average molecular weight is 308 g/mol. The van der Waals surface area contributed by atoms with E-state index in [0.29, 0.717) is 11.1 Å². The molecule has 0 saturated carbocycles. The number of nitrogens with one attached hydrogen (secondary N) is 1. The molecular formula is C19H20N2O2. The molecule has 1 heterocycles. The number of nitrogens with zero attached hydrogens (tertiary/aromatic N) is 1. The number of anilines is 2. The van der Waals surface area contributed by atoms with E-state index in [1.165, 1.54) is 12.8 Å². The Morgan fingerprint density at radius 1 is 0.826 bits per heavy atom. The molecule has 4 nitrogen and oxygen atoms in total. The third kappa shape index (κ3) is 3.26. The zero-order valence-corrected chi connectivity index (χ0v) is 13.2. The molecule has 2 aromatic carbocycles. The standard InChI is InChI=1S/C19H20N2O2/c1-20-16-8-4-14(5-9-16)18(22)19(23)15-6-10-17(11-7-15)21-12-2-3-13-21/h4-11,20H,2-3,12-13H2,1H3. The number of hydrogen-bond acceptors (Lipinski definition) is 4. The summed E-state index contributed by atoms with van der Waals surface area (Å²) in [6, 6.07) is 14.3. The molecule has 118 valence electrons. The van der Waals surface area contributed by atoms with Crippen molar-refractivity contribution in [2.24, 2.45) is 0 Å². The fourth-order valence-corrected chi connectivity index (χ4v) is 2.85. The lowest BCUT2D eigenvalue weighted by molar-refractivity contribution is 0.0817. The van der Waals surface area contributed by atoms with E-state index in [0.717, 1.165) is 24.5 Å². The fourth-order valence-electron chi connectivity index (χ4n) is 2.85. The first-order chi connectivity index (χ1) is 11.2. The molecule has 1 aliphatic rings. The molecule has 0 radical (unpaired) electrons. The largest absolute Gasteiger partial charge is 0.388 e. The minimum absolute atomic E-state index is 0.414. The maximum atomic E-state index is 12.4. The van der Waals surface area contributed by atoms with Gasteiger partial charge in [-0.25, -0.2) is 0 Å². The Labute approximate surface area is 136 Å². The number of carbonyl (C=O) groups excluding carboxylic acids is 2. The molecular weight excluding hydrogens is 288 g/mol. The second kappa shape index (κ2) is 6.65. The van der Waals surface area contributed by atoms with Crippen LogP contribution < -0.4 is 10.2 Å². The molecule has 3 rings (SSSR count). The summed E-state index contributed by atoms with van der Waals surface area (Å²) in [5, 5.41) is 2.99. The number of ketones is 2. The van der Waals surface area contributed by atoms with E-state index < -0.39 is 11.6 Å². The van der Waals surface area contributed by atoms with E-state index in [4.69, 9.17) is 0 Å². The van der Waals surface area contributed by atoms with Crippen LogP contribution in [0.1, 0.15) is 33.6 Å². The normalized spacial score (nSPS) is 13.9.